The highest BCUT2D eigenvalue weighted by Crippen LogP contribution is 2.23. The van der Waals surface area contributed by atoms with Gasteiger partial charge in [-0.1, -0.05) is 0 Å². The fourth-order valence-electron chi connectivity index (χ4n) is 1.41. The van der Waals surface area contributed by atoms with Crippen molar-refractivity contribution in [3.63, 3.8) is 0 Å². The number of aromatic hydroxyl groups is 1. The number of amides is 1. The maximum Gasteiger partial charge on any atom is 0.389 e. The van der Waals surface area contributed by atoms with Crippen molar-refractivity contribution in [2.24, 2.45) is 0 Å². The highest BCUT2D eigenvalue weighted by atomic mass is 19.4. The minimum absolute atomic E-state index is 0.0358. The van der Waals surface area contributed by atoms with Gasteiger partial charge in [0.2, 0.25) is 0 Å². The summed E-state index contributed by atoms with van der Waals surface area (Å²) < 4.78 is 40.6. The van der Waals surface area contributed by atoms with Crippen molar-refractivity contribution in [3.05, 3.63) is 23.8 Å². The number of phenols is 1. The zero-order chi connectivity index (χ0) is 14.5. The average molecular weight is 277 g/mol. The summed E-state index contributed by atoms with van der Waals surface area (Å²) in [5, 5.41) is 11.8. The van der Waals surface area contributed by atoms with Crippen molar-refractivity contribution < 1.29 is 27.8 Å². The van der Waals surface area contributed by atoms with Crippen molar-refractivity contribution in [1.29, 1.82) is 0 Å². The second-order valence-corrected chi connectivity index (χ2v) is 3.86. The second-order valence-electron chi connectivity index (χ2n) is 3.86. The molecule has 0 aliphatic carbocycles. The van der Waals surface area contributed by atoms with E-state index in [-0.39, 0.29) is 24.3 Å². The molecule has 0 fully saturated rings. The van der Waals surface area contributed by atoms with Crippen LogP contribution in [-0.2, 0) is 0 Å². The first-order valence-electron chi connectivity index (χ1n) is 5.55. The number of alkyl halides is 3. The monoisotopic (exact) mass is 277 g/mol. The Morgan fingerprint density at radius 3 is 2.68 bits per heavy atom. The van der Waals surface area contributed by atoms with Gasteiger partial charge in [0.05, 0.1) is 12.7 Å². The van der Waals surface area contributed by atoms with Crippen LogP contribution in [0.1, 0.15) is 23.2 Å². The topological polar surface area (TPSA) is 58.6 Å². The lowest BCUT2D eigenvalue weighted by Crippen LogP contribution is -2.25. The maximum atomic E-state index is 11.9. The van der Waals surface area contributed by atoms with E-state index >= 15 is 0 Å². The molecule has 0 saturated heterocycles. The van der Waals surface area contributed by atoms with Crippen molar-refractivity contribution in [2.45, 2.75) is 19.0 Å². The van der Waals surface area contributed by atoms with Crippen molar-refractivity contribution >= 4 is 5.91 Å². The fraction of sp³-hybridized carbons (Fsp3) is 0.417. The lowest BCUT2D eigenvalue weighted by molar-refractivity contribution is -0.135. The third-order valence-electron chi connectivity index (χ3n) is 2.37. The average Bonchev–Trinajstić information content (AvgIpc) is 2.34. The molecule has 0 aromatic heterocycles. The Bertz CT molecular complexity index is 446. The van der Waals surface area contributed by atoms with Crippen LogP contribution in [0.3, 0.4) is 0 Å². The second kappa shape index (κ2) is 6.31. The molecule has 0 unspecified atom stereocenters. The van der Waals surface area contributed by atoms with Gasteiger partial charge in [-0.2, -0.15) is 13.2 Å². The Hall–Kier alpha value is -1.92. The zero-order valence-corrected chi connectivity index (χ0v) is 10.3. The smallest absolute Gasteiger partial charge is 0.389 e. The quantitative estimate of drug-likeness (QED) is 0.813. The zero-order valence-electron chi connectivity index (χ0n) is 10.3. The van der Waals surface area contributed by atoms with E-state index in [9.17, 15) is 23.1 Å². The number of phenolic OH excluding ortho intramolecular Hbond substituents is 1. The van der Waals surface area contributed by atoms with Gasteiger partial charge in [0.25, 0.3) is 5.91 Å². The van der Waals surface area contributed by atoms with Crippen LogP contribution in [0.4, 0.5) is 13.2 Å². The number of ether oxygens (including phenoxy) is 1. The number of carbonyl (C=O) groups is 1. The van der Waals surface area contributed by atoms with Crippen LogP contribution in [0, 0.1) is 0 Å². The van der Waals surface area contributed by atoms with Crippen LogP contribution in [-0.4, -0.2) is 30.8 Å². The molecular weight excluding hydrogens is 263 g/mol. The summed E-state index contributed by atoms with van der Waals surface area (Å²) in [6.07, 6.45) is -5.40. The molecule has 0 spiro atoms. The molecule has 1 aromatic rings. The summed E-state index contributed by atoms with van der Waals surface area (Å²) >= 11 is 0. The minimum atomic E-state index is -4.23. The largest absolute Gasteiger partial charge is 0.507 e. The first-order chi connectivity index (χ1) is 8.83. The Kier molecular flexibility index (Phi) is 5.02. The van der Waals surface area contributed by atoms with Crippen molar-refractivity contribution in [3.8, 4) is 11.5 Å². The number of nitrogens with one attached hydrogen (secondary N) is 1. The van der Waals surface area contributed by atoms with Crippen molar-refractivity contribution in [1.82, 2.24) is 5.32 Å². The highest BCUT2D eigenvalue weighted by molar-refractivity contribution is 5.97. The molecular formula is C12H14F3NO3. The van der Waals surface area contributed by atoms with E-state index in [1.165, 1.54) is 25.3 Å². The van der Waals surface area contributed by atoms with E-state index in [1.54, 1.807) is 0 Å². The van der Waals surface area contributed by atoms with E-state index in [2.05, 4.69) is 5.32 Å². The van der Waals surface area contributed by atoms with Gasteiger partial charge in [-0.15, -0.1) is 0 Å². The molecule has 19 heavy (non-hydrogen) atoms. The van der Waals surface area contributed by atoms with Crippen LogP contribution in [0.5, 0.6) is 11.5 Å². The predicted molar refractivity (Wildman–Crippen MR) is 62.3 cm³/mol. The molecule has 1 amide bonds. The molecule has 4 nitrogen and oxygen atoms in total. The number of methoxy groups -OCH3 is 1. The molecule has 0 aliphatic rings. The number of carbonyl (C=O) groups excluding carboxylic acids is 1. The molecule has 0 atom stereocenters. The van der Waals surface area contributed by atoms with Gasteiger partial charge < -0.3 is 15.2 Å². The van der Waals surface area contributed by atoms with E-state index in [0.717, 1.165) is 0 Å². The van der Waals surface area contributed by atoms with Gasteiger partial charge in [0.15, 0.2) is 0 Å². The standard InChI is InChI=1S/C12H14F3NO3/c1-19-8-3-4-10(17)9(7-8)11(18)16-6-2-5-12(13,14)15/h3-4,7,17H,2,5-6H2,1H3,(H,16,18). The fourth-order valence-corrected chi connectivity index (χ4v) is 1.41. The molecule has 7 heteroatoms. The Labute approximate surface area is 108 Å². The normalized spacial score (nSPS) is 11.2. The van der Waals surface area contributed by atoms with Crippen LogP contribution in [0.15, 0.2) is 18.2 Å². The van der Waals surface area contributed by atoms with Gasteiger partial charge in [-0.05, 0) is 24.6 Å². The first-order valence-corrected chi connectivity index (χ1v) is 5.55. The van der Waals surface area contributed by atoms with E-state index < -0.39 is 18.5 Å². The molecule has 0 saturated carbocycles. The van der Waals surface area contributed by atoms with Gasteiger partial charge in [0.1, 0.15) is 11.5 Å². The van der Waals surface area contributed by atoms with Gasteiger partial charge in [-0.3, -0.25) is 4.79 Å². The summed E-state index contributed by atoms with van der Waals surface area (Å²) in [6.45, 7) is -0.116. The van der Waals surface area contributed by atoms with Crippen LogP contribution >= 0.6 is 0 Å². The first kappa shape index (κ1) is 15.1. The lowest BCUT2D eigenvalue weighted by atomic mass is 10.1. The number of halogens is 3. The van der Waals surface area contributed by atoms with Gasteiger partial charge in [0, 0.05) is 13.0 Å². The highest BCUT2D eigenvalue weighted by Gasteiger charge is 2.26. The van der Waals surface area contributed by atoms with Crippen LogP contribution in [0.2, 0.25) is 0 Å². The van der Waals surface area contributed by atoms with Crippen LogP contribution < -0.4 is 10.1 Å². The molecule has 0 aliphatic heterocycles. The molecule has 1 aromatic carbocycles. The molecule has 2 N–H and O–H groups in total. The third-order valence-corrected chi connectivity index (χ3v) is 2.37. The predicted octanol–water partition coefficient (Wildman–Crippen LogP) is 2.47. The van der Waals surface area contributed by atoms with E-state index in [0.29, 0.717) is 5.75 Å². The van der Waals surface area contributed by atoms with E-state index in [1.807, 2.05) is 0 Å². The Morgan fingerprint density at radius 2 is 2.11 bits per heavy atom. The Balaban J connectivity index is 2.54. The third kappa shape index (κ3) is 5.07. The summed E-state index contributed by atoms with van der Waals surface area (Å²) in [5.41, 5.74) is -0.0358. The minimum Gasteiger partial charge on any atom is -0.507 e. The Morgan fingerprint density at radius 1 is 1.42 bits per heavy atom. The lowest BCUT2D eigenvalue weighted by Gasteiger charge is -2.09. The number of rotatable bonds is 5. The molecule has 1 rings (SSSR count). The maximum absolute atomic E-state index is 11.9. The van der Waals surface area contributed by atoms with E-state index in [4.69, 9.17) is 4.74 Å². The SMILES string of the molecule is COc1ccc(O)c(C(=O)NCCCC(F)(F)F)c1. The number of hydrogen-bond donors (Lipinski definition) is 2. The molecule has 0 bridgehead atoms. The van der Waals surface area contributed by atoms with Gasteiger partial charge in [-0.25, -0.2) is 0 Å². The van der Waals surface area contributed by atoms with Crippen molar-refractivity contribution in [2.75, 3.05) is 13.7 Å². The summed E-state index contributed by atoms with van der Waals surface area (Å²) in [5.74, 6) is -0.522. The van der Waals surface area contributed by atoms with Crippen LogP contribution in [0.25, 0.3) is 0 Å². The summed E-state index contributed by atoms with van der Waals surface area (Å²) in [7, 11) is 1.40. The molecule has 0 heterocycles. The molecule has 0 radical (unpaired) electrons. The number of hydrogen-bond acceptors (Lipinski definition) is 3. The summed E-state index contributed by atoms with van der Waals surface area (Å²) in [4.78, 5) is 11.7. The molecule has 106 valence electrons. The number of benzene rings is 1. The van der Waals surface area contributed by atoms with Gasteiger partial charge >= 0.3 is 6.18 Å². The summed E-state index contributed by atoms with van der Waals surface area (Å²) in [6, 6.07) is 4.06.